The lowest BCUT2D eigenvalue weighted by Crippen LogP contribution is -2.36. The Balaban J connectivity index is 1.81. The second kappa shape index (κ2) is 6.39. The molecule has 8 heteroatoms. The van der Waals surface area contributed by atoms with E-state index in [0.717, 1.165) is 5.56 Å². The van der Waals surface area contributed by atoms with Gasteiger partial charge in [0.05, 0.1) is 12.8 Å². The summed E-state index contributed by atoms with van der Waals surface area (Å²) in [5, 5.41) is 2.84. The number of esters is 1. The predicted molar refractivity (Wildman–Crippen MR) is 96.0 cm³/mol. The second-order valence-corrected chi connectivity index (χ2v) is 6.39. The number of hydrogen-bond acceptors (Lipinski definition) is 6. The van der Waals surface area contributed by atoms with E-state index < -0.39 is 5.97 Å². The first-order chi connectivity index (χ1) is 13.0. The molecule has 0 saturated carbocycles. The summed E-state index contributed by atoms with van der Waals surface area (Å²) in [6, 6.07) is 8.60. The first kappa shape index (κ1) is 17.0. The van der Waals surface area contributed by atoms with Crippen molar-refractivity contribution in [1.29, 1.82) is 0 Å². The Morgan fingerprint density at radius 2 is 2.15 bits per heavy atom. The van der Waals surface area contributed by atoms with Crippen LogP contribution in [0.15, 0.2) is 30.3 Å². The minimum absolute atomic E-state index is 0.0324. The number of rotatable bonds is 2. The molecule has 0 fully saturated rings. The lowest BCUT2D eigenvalue weighted by atomic mass is 9.86. The fourth-order valence-corrected chi connectivity index (χ4v) is 3.35. The number of pyridine rings is 1. The molecule has 1 unspecified atom stereocenters. The standard InChI is InChI=1S/C19H17N3O5/c1-22-15-8-14-10(6-16(15)27-9-18(22)24)11(7-17(23)21-14)12-4-3-5-13(20-12)19(25)26-2/h3-6,8,11H,7,9H2,1-2H3,(H,21,23). The average molecular weight is 367 g/mol. The molecule has 1 atom stereocenters. The van der Waals surface area contributed by atoms with E-state index in [0.29, 0.717) is 22.8 Å². The van der Waals surface area contributed by atoms with Crippen molar-refractivity contribution < 1.29 is 23.9 Å². The average Bonchev–Trinajstić information content (AvgIpc) is 2.68. The van der Waals surface area contributed by atoms with Gasteiger partial charge in [-0.05, 0) is 29.8 Å². The summed E-state index contributed by atoms with van der Waals surface area (Å²) in [4.78, 5) is 41.8. The van der Waals surface area contributed by atoms with Crippen LogP contribution in [0.2, 0.25) is 0 Å². The molecule has 27 heavy (non-hydrogen) atoms. The van der Waals surface area contributed by atoms with E-state index in [1.54, 1.807) is 31.3 Å². The second-order valence-electron chi connectivity index (χ2n) is 6.39. The van der Waals surface area contributed by atoms with Crippen molar-refractivity contribution >= 4 is 29.2 Å². The Morgan fingerprint density at radius 1 is 1.33 bits per heavy atom. The monoisotopic (exact) mass is 367 g/mol. The summed E-state index contributed by atoms with van der Waals surface area (Å²) in [5.74, 6) is -0.625. The molecule has 0 spiro atoms. The van der Waals surface area contributed by atoms with Crippen LogP contribution in [0.25, 0.3) is 0 Å². The third-order valence-corrected chi connectivity index (χ3v) is 4.78. The van der Waals surface area contributed by atoms with Gasteiger partial charge in [-0.1, -0.05) is 6.07 Å². The number of amides is 2. The number of carbonyl (C=O) groups excluding carboxylic acids is 3. The van der Waals surface area contributed by atoms with Crippen molar-refractivity contribution in [2.75, 3.05) is 31.0 Å². The number of fused-ring (bicyclic) bond motifs is 2. The summed E-state index contributed by atoms with van der Waals surface area (Å²) in [7, 11) is 2.96. The summed E-state index contributed by atoms with van der Waals surface area (Å²) in [6.45, 7) is -0.0324. The Kier molecular flexibility index (Phi) is 4.02. The fourth-order valence-electron chi connectivity index (χ4n) is 3.35. The molecular weight excluding hydrogens is 350 g/mol. The Labute approximate surface area is 155 Å². The highest BCUT2D eigenvalue weighted by molar-refractivity contribution is 6.01. The largest absolute Gasteiger partial charge is 0.482 e. The van der Waals surface area contributed by atoms with Crippen molar-refractivity contribution in [1.82, 2.24) is 4.98 Å². The molecule has 0 saturated heterocycles. The number of methoxy groups -OCH3 is 1. The van der Waals surface area contributed by atoms with E-state index in [4.69, 9.17) is 9.47 Å². The maximum absolute atomic E-state index is 12.3. The molecule has 4 rings (SSSR count). The van der Waals surface area contributed by atoms with Gasteiger partial charge >= 0.3 is 5.97 Å². The van der Waals surface area contributed by atoms with Gasteiger partial charge in [0.2, 0.25) is 5.91 Å². The summed E-state index contributed by atoms with van der Waals surface area (Å²) < 4.78 is 10.3. The highest BCUT2D eigenvalue weighted by atomic mass is 16.5. The van der Waals surface area contributed by atoms with E-state index in [1.165, 1.54) is 12.0 Å². The number of nitrogens with one attached hydrogen (secondary N) is 1. The fraction of sp³-hybridized carbons (Fsp3) is 0.263. The van der Waals surface area contributed by atoms with Gasteiger partial charge in [-0.25, -0.2) is 9.78 Å². The molecule has 138 valence electrons. The van der Waals surface area contributed by atoms with Crippen LogP contribution in [-0.2, 0) is 14.3 Å². The zero-order valence-electron chi connectivity index (χ0n) is 14.8. The SMILES string of the molecule is COC(=O)c1cccc(C2CC(=O)Nc3cc4c(cc32)OCC(=O)N4C)n1. The molecule has 1 N–H and O–H groups in total. The number of hydrogen-bond donors (Lipinski definition) is 1. The van der Waals surface area contributed by atoms with Gasteiger partial charge in [-0.3, -0.25) is 9.59 Å². The van der Waals surface area contributed by atoms with Gasteiger partial charge in [-0.2, -0.15) is 0 Å². The molecule has 8 nitrogen and oxygen atoms in total. The molecule has 2 aliphatic rings. The van der Waals surface area contributed by atoms with Crippen molar-refractivity contribution in [3.63, 3.8) is 0 Å². The lowest BCUT2D eigenvalue weighted by Gasteiger charge is -2.31. The van der Waals surface area contributed by atoms with Gasteiger partial charge in [0.15, 0.2) is 6.61 Å². The molecule has 2 aromatic rings. The zero-order valence-corrected chi connectivity index (χ0v) is 14.8. The molecule has 0 aliphatic carbocycles. The molecule has 1 aromatic carbocycles. The number of carbonyl (C=O) groups is 3. The van der Waals surface area contributed by atoms with Gasteiger partial charge in [0.1, 0.15) is 11.4 Å². The third-order valence-electron chi connectivity index (χ3n) is 4.78. The number of anilines is 2. The van der Waals surface area contributed by atoms with Crippen LogP contribution in [0.5, 0.6) is 5.75 Å². The van der Waals surface area contributed by atoms with Gasteiger partial charge in [-0.15, -0.1) is 0 Å². The quantitative estimate of drug-likeness (QED) is 0.812. The van der Waals surface area contributed by atoms with Crippen molar-refractivity contribution in [3.8, 4) is 5.75 Å². The van der Waals surface area contributed by atoms with Crippen LogP contribution < -0.4 is 15.0 Å². The number of likely N-dealkylation sites (N-methyl/N-ethyl adjacent to an activating group) is 1. The van der Waals surface area contributed by atoms with Gasteiger partial charge < -0.3 is 19.7 Å². The molecule has 3 heterocycles. The van der Waals surface area contributed by atoms with E-state index in [2.05, 4.69) is 10.3 Å². The van der Waals surface area contributed by atoms with Crippen LogP contribution in [0.4, 0.5) is 11.4 Å². The normalized spacial score (nSPS) is 18.1. The van der Waals surface area contributed by atoms with Gasteiger partial charge in [0, 0.05) is 30.8 Å². The highest BCUT2D eigenvalue weighted by Crippen LogP contribution is 2.43. The molecule has 0 radical (unpaired) electrons. The smallest absolute Gasteiger partial charge is 0.356 e. The third kappa shape index (κ3) is 2.88. The molecule has 2 aliphatic heterocycles. The maximum Gasteiger partial charge on any atom is 0.356 e. The van der Waals surface area contributed by atoms with Crippen LogP contribution in [0.3, 0.4) is 0 Å². The molecular formula is C19H17N3O5. The summed E-state index contributed by atoms with van der Waals surface area (Å²) >= 11 is 0. The Morgan fingerprint density at radius 3 is 2.93 bits per heavy atom. The first-order valence-electron chi connectivity index (χ1n) is 8.40. The van der Waals surface area contributed by atoms with Crippen molar-refractivity contribution in [2.24, 2.45) is 0 Å². The summed E-state index contributed by atoms with van der Waals surface area (Å²) in [5.41, 5.74) is 2.80. The molecule has 2 amide bonds. The number of ether oxygens (including phenoxy) is 2. The molecule has 0 bridgehead atoms. The van der Waals surface area contributed by atoms with Crippen molar-refractivity contribution in [2.45, 2.75) is 12.3 Å². The van der Waals surface area contributed by atoms with Crippen LogP contribution in [0, 0.1) is 0 Å². The number of nitrogens with zero attached hydrogens (tertiary/aromatic N) is 2. The lowest BCUT2D eigenvalue weighted by molar-refractivity contribution is -0.121. The minimum atomic E-state index is -0.536. The van der Waals surface area contributed by atoms with Gasteiger partial charge in [0.25, 0.3) is 5.91 Å². The van der Waals surface area contributed by atoms with E-state index in [-0.39, 0.29) is 36.5 Å². The predicted octanol–water partition coefficient (Wildman–Crippen LogP) is 1.70. The molecule has 1 aromatic heterocycles. The summed E-state index contributed by atoms with van der Waals surface area (Å²) in [6.07, 6.45) is 0.193. The Hall–Kier alpha value is -3.42. The minimum Gasteiger partial charge on any atom is -0.482 e. The van der Waals surface area contributed by atoms with E-state index in [1.807, 2.05) is 6.07 Å². The van der Waals surface area contributed by atoms with E-state index >= 15 is 0 Å². The maximum atomic E-state index is 12.3. The highest BCUT2D eigenvalue weighted by Gasteiger charge is 2.32. The number of benzene rings is 1. The Bertz CT molecular complexity index is 972. The van der Waals surface area contributed by atoms with E-state index in [9.17, 15) is 14.4 Å². The zero-order chi connectivity index (χ0) is 19.1. The van der Waals surface area contributed by atoms with Crippen LogP contribution in [0.1, 0.15) is 34.1 Å². The first-order valence-corrected chi connectivity index (χ1v) is 8.40. The van der Waals surface area contributed by atoms with Crippen LogP contribution in [-0.4, -0.2) is 43.5 Å². The topological polar surface area (TPSA) is 97.8 Å². The number of aromatic nitrogens is 1. The van der Waals surface area contributed by atoms with Crippen molar-refractivity contribution in [3.05, 3.63) is 47.3 Å². The van der Waals surface area contributed by atoms with Crippen LogP contribution >= 0.6 is 0 Å².